The lowest BCUT2D eigenvalue weighted by molar-refractivity contribution is -0.116. The normalized spacial score (nSPS) is 12.9. The molecule has 1 N–H and O–H groups in total. The van der Waals surface area contributed by atoms with Gasteiger partial charge in [0.15, 0.2) is 5.65 Å². The summed E-state index contributed by atoms with van der Waals surface area (Å²) in [4.78, 5) is 56.1. The largest absolute Gasteiger partial charge is 0.375 e. The van der Waals surface area contributed by atoms with Crippen LogP contribution in [0, 0.1) is 6.92 Å². The Morgan fingerprint density at radius 2 is 1.68 bits per heavy atom. The molecule has 0 saturated heterocycles. The zero-order valence-corrected chi connectivity index (χ0v) is 18.8. The Bertz CT molecular complexity index is 1490. The van der Waals surface area contributed by atoms with Gasteiger partial charge < -0.3 is 9.84 Å². The van der Waals surface area contributed by atoms with Crippen LogP contribution in [0.1, 0.15) is 32.2 Å². The quantitative estimate of drug-likeness (QED) is 0.337. The first-order valence-corrected chi connectivity index (χ1v) is 11.4. The Morgan fingerprint density at radius 3 is 2.41 bits per heavy atom. The number of rotatable bonds is 6. The molecule has 0 bridgehead atoms. The smallest absolute Gasteiger partial charge is 0.287 e. The summed E-state index contributed by atoms with van der Waals surface area (Å²) in [6, 6.07) is 16.7. The highest BCUT2D eigenvalue weighted by Crippen LogP contribution is 2.30. The molecule has 0 radical (unpaired) electrons. The number of anilines is 1. The molecule has 2 aromatic carbocycles. The van der Waals surface area contributed by atoms with Gasteiger partial charge in [0.25, 0.3) is 17.4 Å². The molecular formula is C24H18N4O5S. The Morgan fingerprint density at radius 1 is 1.00 bits per heavy atom. The molecule has 34 heavy (non-hydrogen) atoms. The number of imide groups is 1. The average molecular weight is 474 g/mol. The second kappa shape index (κ2) is 8.64. The number of carbonyl (C=O) groups is 3. The van der Waals surface area contributed by atoms with Crippen LogP contribution in [-0.2, 0) is 10.5 Å². The molecule has 0 spiro atoms. The SMILES string of the molecule is Cc1cc2nc(CSc3ccccc3NC(=O)CN3C(=O)c4ccccc4C3=O)cc(=O)n2o1. The fraction of sp³-hybridized carbons (Fsp3) is 0.125. The van der Waals surface area contributed by atoms with Crippen molar-refractivity contribution in [2.45, 2.75) is 17.6 Å². The van der Waals surface area contributed by atoms with Gasteiger partial charge in [-0.25, -0.2) is 4.98 Å². The van der Waals surface area contributed by atoms with Gasteiger partial charge in [-0.05, 0) is 31.2 Å². The van der Waals surface area contributed by atoms with Crippen molar-refractivity contribution >= 4 is 40.8 Å². The van der Waals surface area contributed by atoms with E-state index in [1.807, 2.05) is 12.1 Å². The van der Waals surface area contributed by atoms with Crippen molar-refractivity contribution in [3.8, 4) is 0 Å². The first-order chi connectivity index (χ1) is 16.4. The van der Waals surface area contributed by atoms with E-state index in [1.165, 1.54) is 17.8 Å². The summed E-state index contributed by atoms with van der Waals surface area (Å²) in [5, 5.41) is 2.78. The lowest BCUT2D eigenvalue weighted by Gasteiger charge is -2.15. The zero-order valence-electron chi connectivity index (χ0n) is 18.0. The number of aromatic nitrogens is 2. The minimum atomic E-state index is -0.491. The number of fused-ring (bicyclic) bond motifs is 2. The van der Waals surface area contributed by atoms with Gasteiger partial charge in [-0.3, -0.25) is 24.1 Å². The van der Waals surface area contributed by atoms with Crippen LogP contribution in [0.4, 0.5) is 5.69 Å². The van der Waals surface area contributed by atoms with E-state index in [9.17, 15) is 19.2 Å². The van der Waals surface area contributed by atoms with E-state index < -0.39 is 17.7 Å². The van der Waals surface area contributed by atoms with Gasteiger partial charge in [-0.15, -0.1) is 16.3 Å². The third-order valence-electron chi connectivity index (χ3n) is 5.24. The number of nitrogens with zero attached hydrogens (tertiary/aromatic N) is 3. The van der Waals surface area contributed by atoms with Crippen molar-refractivity contribution in [3.05, 3.63) is 93.6 Å². The van der Waals surface area contributed by atoms with Crippen LogP contribution in [0.3, 0.4) is 0 Å². The molecule has 0 unspecified atom stereocenters. The van der Waals surface area contributed by atoms with Gasteiger partial charge in [0.2, 0.25) is 5.91 Å². The number of carbonyl (C=O) groups excluding carboxylic acids is 3. The van der Waals surface area contributed by atoms with Gasteiger partial charge >= 0.3 is 0 Å². The van der Waals surface area contributed by atoms with Crippen molar-refractivity contribution in [3.63, 3.8) is 0 Å². The van der Waals surface area contributed by atoms with Crippen molar-refractivity contribution in [1.82, 2.24) is 14.5 Å². The minimum absolute atomic E-state index is 0.296. The lowest BCUT2D eigenvalue weighted by atomic mass is 10.1. The van der Waals surface area contributed by atoms with E-state index in [2.05, 4.69) is 10.3 Å². The van der Waals surface area contributed by atoms with E-state index in [4.69, 9.17) is 4.52 Å². The predicted molar refractivity (Wildman–Crippen MR) is 125 cm³/mol. The summed E-state index contributed by atoms with van der Waals surface area (Å²) < 4.78 is 6.44. The topological polar surface area (TPSA) is 114 Å². The van der Waals surface area contributed by atoms with Crippen LogP contribution in [0.15, 0.2) is 74.9 Å². The molecular weight excluding hydrogens is 456 g/mol. The molecule has 0 saturated carbocycles. The highest BCUT2D eigenvalue weighted by atomic mass is 32.2. The summed E-state index contributed by atoms with van der Waals surface area (Å²) in [5.41, 5.74) is 1.82. The second-order valence-corrected chi connectivity index (χ2v) is 8.68. The molecule has 0 aliphatic carbocycles. The Hall–Kier alpha value is -4.18. The molecule has 0 fully saturated rings. The highest BCUT2D eigenvalue weighted by molar-refractivity contribution is 7.98. The fourth-order valence-corrected chi connectivity index (χ4v) is 4.61. The van der Waals surface area contributed by atoms with E-state index in [0.29, 0.717) is 39.7 Å². The highest BCUT2D eigenvalue weighted by Gasteiger charge is 2.36. The summed E-state index contributed by atoms with van der Waals surface area (Å²) in [7, 11) is 0. The van der Waals surface area contributed by atoms with Crippen molar-refractivity contribution in [2.75, 3.05) is 11.9 Å². The maximum absolute atomic E-state index is 12.7. The summed E-state index contributed by atoms with van der Waals surface area (Å²) >= 11 is 1.40. The van der Waals surface area contributed by atoms with E-state index in [-0.39, 0.29) is 12.1 Å². The van der Waals surface area contributed by atoms with Crippen molar-refractivity contribution in [1.29, 1.82) is 0 Å². The number of hydrogen-bond acceptors (Lipinski definition) is 7. The molecule has 2 aromatic heterocycles. The predicted octanol–water partition coefficient (Wildman–Crippen LogP) is 3.12. The molecule has 9 nitrogen and oxygen atoms in total. The molecule has 4 aromatic rings. The maximum atomic E-state index is 12.7. The van der Waals surface area contributed by atoms with Crippen molar-refractivity contribution in [2.24, 2.45) is 0 Å². The Balaban J connectivity index is 1.28. The van der Waals surface area contributed by atoms with Gasteiger partial charge in [0.05, 0.1) is 22.5 Å². The number of hydrogen-bond donors (Lipinski definition) is 1. The van der Waals surface area contributed by atoms with Crippen LogP contribution in [0.2, 0.25) is 0 Å². The van der Waals surface area contributed by atoms with E-state index in [1.54, 1.807) is 49.4 Å². The summed E-state index contributed by atoms with van der Waals surface area (Å²) in [6.07, 6.45) is 0. The van der Waals surface area contributed by atoms with Crippen LogP contribution in [0.5, 0.6) is 0 Å². The fourth-order valence-electron chi connectivity index (χ4n) is 3.71. The minimum Gasteiger partial charge on any atom is -0.375 e. The molecule has 1 aliphatic rings. The lowest BCUT2D eigenvalue weighted by Crippen LogP contribution is -2.37. The molecule has 10 heteroatoms. The first kappa shape index (κ1) is 21.7. The van der Waals surface area contributed by atoms with Gasteiger partial charge in [-0.2, -0.15) is 0 Å². The van der Waals surface area contributed by atoms with Crippen LogP contribution in [0.25, 0.3) is 5.65 Å². The first-order valence-electron chi connectivity index (χ1n) is 10.4. The Labute approximate surface area is 197 Å². The number of benzene rings is 2. The molecule has 0 atom stereocenters. The second-order valence-electron chi connectivity index (χ2n) is 7.66. The van der Waals surface area contributed by atoms with Crippen LogP contribution >= 0.6 is 11.8 Å². The summed E-state index contributed by atoms with van der Waals surface area (Å²) in [5.74, 6) is -0.489. The number of thioether (sulfide) groups is 1. The molecule has 1 aliphatic heterocycles. The third kappa shape index (κ3) is 3.99. The Kier molecular flexibility index (Phi) is 5.50. The van der Waals surface area contributed by atoms with Crippen LogP contribution < -0.4 is 10.9 Å². The van der Waals surface area contributed by atoms with Gasteiger partial charge in [0.1, 0.15) is 12.3 Å². The number of nitrogens with one attached hydrogen (secondary N) is 1. The molecule has 3 heterocycles. The molecule has 5 rings (SSSR count). The standard InChI is InChI=1S/C24H18N4O5S/c1-14-10-20-25-15(11-22(30)28(20)33-14)13-34-19-9-5-4-8-18(19)26-21(29)12-27-23(31)16-6-2-3-7-17(16)24(27)32/h2-11H,12-13H2,1H3,(H,26,29). The third-order valence-corrected chi connectivity index (χ3v) is 6.35. The van der Waals surface area contributed by atoms with Gasteiger partial charge in [0, 0.05) is 22.8 Å². The zero-order chi connectivity index (χ0) is 23.8. The number of para-hydroxylation sites is 1. The monoisotopic (exact) mass is 474 g/mol. The average Bonchev–Trinajstić information content (AvgIpc) is 3.31. The van der Waals surface area contributed by atoms with E-state index >= 15 is 0 Å². The van der Waals surface area contributed by atoms with Gasteiger partial charge in [-0.1, -0.05) is 24.3 Å². The molecule has 3 amide bonds. The molecule has 170 valence electrons. The van der Waals surface area contributed by atoms with Crippen molar-refractivity contribution < 1.29 is 18.9 Å². The van der Waals surface area contributed by atoms with Crippen LogP contribution in [-0.4, -0.2) is 38.7 Å². The maximum Gasteiger partial charge on any atom is 0.287 e. The van der Waals surface area contributed by atoms with E-state index in [0.717, 1.165) is 14.4 Å². The summed E-state index contributed by atoms with van der Waals surface area (Å²) in [6.45, 7) is 1.35. The number of aryl methyl sites for hydroxylation is 1. The number of amides is 3.